The largest absolute Gasteiger partial charge is 0.300 e. The lowest BCUT2D eigenvalue weighted by Gasteiger charge is -2.43. The zero-order chi connectivity index (χ0) is 21.4. The number of Topliss-reactive ketones (excluding diaryl/α,β-unsaturated/α-hetero) is 1. The molecule has 0 unspecified atom stereocenters. The topological polar surface area (TPSA) is 37.4 Å². The van der Waals surface area contributed by atoms with Crippen molar-refractivity contribution in [2.24, 2.45) is 0 Å². The molecule has 31 heavy (non-hydrogen) atoms. The van der Waals surface area contributed by atoms with Crippen LogP contribution in [0.3, 0.4) is 0 Å². The zero-order valence-electron chi connectivity index (χ0n) is 16.5. The Morgan fingerprint density at radius 1 is 0.581 bits per heavy atom. The van der Waals surface area contributed by atoms with E-state index in [2.05, 4.69) is 0 Å². The van der Waals surface area contributed by atoms with Crippen LogP contribution < -0.4 is 4.90 Å². The Bertz CT molecular complexity index is 1170. The van der Waals surface area contributed by atoms with Crippen LogP contribution in [0.5, 0.6) is 0 Å². The molecule has 0 aromatic heterocycles. The average Bonchev–Trinajstić information content (AvgIpc) is 3.09. The molecule has 0 radical (unpaired) electrons. The van der Waals surface area contributed by atoms with E-state index in [9.17, 15) is 9.59 Å². The molecule has 0 bridgehead atoms. The maximum absolute atomic E-state index is 15.2. The van der Waals surface area contributed by atoms with Crippen molar-refractivity contribution < 1.29 is 14.0 Å². The number of ketones is 1. The first kappa shape index (κ1) is 18.9. The average molecular weight is 407 g/mol. The summed E-state index contributed by atoms with van der Waals surface area (Å²) < 4.78 is 15.2. The van der Waals surface area contributed by atoms with Crippen molar-refractivity contribution in [2.45, 2.75) is 5.54 Å². The number of amides is 1. The van der Waals surface area contributed by atoms with E-state index in [4.69, 9.17) is 0 Å². The maximum Gasteiger partial charge on any atom is 0.300 e. The van der Waals surface area contributed by atoms with Gasteiger partial charge in [-0.3, -0.25) is 14.5 Å². The predicted octanol–water partition coefficient (Wildman–Crippen LogP) is 5.35. The van der Waals surface area contributed by atoms with Crippen LogP contribution in [-0.2, 0) is 10.3 Å². The minimum absolute atomic E-state index is 0.00839. The highest BCUT2D eigenvalue weighted by Crippen LogP contribution is 2.48. The molecule has 4 aromatic rings. The molecule has 4 heteroatoms. The summed E-state index contributed by atoms with van der Waals surface area (Å²) in [6.45, 7) is 0. The lowest BCUT2D eigenvalue weighted by molar-refractivity contribution is -0.115. The second kappa shape index (κ2) is 7.33. The van der Waals surface area contributed by atoms with Gasteiger partial charge in [0.2, 0.25) is 0 Å². The second-order valence-electron chi connectivity index (χ2n) is 7.41. The highest BCUT2D eigenvalue weighted by Gasteiger charge is 2.52. The van der Waals surface area contributed by atoms with Gasteiger partial charge < -0.3 is 0 Å². The number of hydrogen-bond acceptors (Lipinski definition) is 2. The number of benzene rings is 4. The third kappa shape index (κ3) is 2.72. The summed E-state index contributed by atoms with van der Waals surface area (Å²) in [5.74, 6) is -2.07. The third-order valence-corrected chi connectivity index (χ3v) is 5.76. The predicted molar refractivity (Wildman–Crippen MR) is 117 cm³/mol. The molecule has 3 nitrogen and oxygen atoms in total. The second-order valence-corrected chi connectivity index (χ2v) is 7.41. The molecule has 0 N–H and O–H groups in total. The van der Waals surface area contributed by atoms with E-state index in [1.807, 2.05) is 91.0 Å². The van der Waals surface area contributed by atoms with E-state index in [0.29, 0.717) is 0 Å². The highest BCUT2D eigenvalue weighted by molar-refractivity contribution is 6.52. The van der Waals surface area contributed by atoms with E-state index < -0.39 is 23.0 Å². The molecule has 1 aliphatic rings. The fourth-order valence-corrected chi connectivity index (χ4v) is 4.49. The van der Waals surface area contributed by atoms with Crippen LogP contribution in [-0.4, -0.2) is 11.7 Å². The van der Waals surface area contributed by atoms with Crippen molar-refractivity contribution in [2.75, 3.05) is 4.90 Å². The number of fused-ring (bicyclic) bond motifs is 1. The normalized spacial score (nSPS) is 13.4. The van der Waals surface area contributed by atoms with Gasteiger partial charge in [0.25, 0.3) is 5.78 Å². The molecule has 5 rings (SSSR count). The number of carbonyl (C=O) groups is 2. The van der Waals surface area contributed by atoms with Gasteiger partial charge >= 0.3 is 5.91 Å². The summed E-state index contributed by atoms with van der Waals surface area (Å²) in [4.78, 5) is 27.8. The smallest absolute Gasteiger partial charge is 0.283 e. The molecule has 0 saturated carbocycles. The number of rotatable bonds is 4. The van der Waals surface area contributed by atoms with Gasteiger partial charge in [0.05, 0.1) is 11.3 Å². The van der Waals surface area contributed by atoms with E-state index in [-0.39, 0.29) is 11.3 Å². The number of nitrogens with zero attached hydrogens (tertiary/aromatic N) is 1. The quantitative estimate of drug-likeness (QED) is 0.338. The van der Waals surface area contributed by atoms with Crippen molar-refractivity contribution in [1.82, 2.24) is 0 Å². The van der Waals surface area contributed by atoms with E-state index in [0.717, 1.165) is 16.7 Å². The highest BCUT2D eigenvalue weighted by atomic mass is 19.1. The number of para-hydroxylation sites is 1. The number of hydrogen-bond donors (Lipinski definition) is 0. The molecule has 1 aliphatic heterocycles. The Hall–Kier alpha value is -4.05. The summed E-state index contributed by atoms with van der Waals surface area (Å²) >= 11 is 0. The molecule has 0 atom stereocenters. The van der Waals surface area contributed by atoms with Crippen molar-refractivity contribution in [3.63, 3.8) is 0 Å². The number of halogens is 1. The van der Waals surface area contributed by atoms with Gasteiger partial charge in [0.15, 0.2) is 0 Å². The minimum atomic E-state index is -1.23. The molecule has 0 aliphatic carbocycles. The van der Waals surface area contributed by atoms with E-state index in [1.165, 1.54) is 23.1 Å². The van der Waals surface area contributed by atoms with Gasteiger partial charge in [0, 0.05) is 0 Å². The molecule has 0 fully saturated rings. The Labute approximate surface area is 179 Å². The summed E-state index contributed by atoms with van der Waals surface area (Å²) in [7, 11) is 0. The van der Waals surface area contributed by atoms with Gasteiger partial charge in [0.1, 0.15) is 11.4 Å². The standard InChI is InChI=1S/C27H18FNO2/c28-23-18-10-17-22-24(23)29(26(31)25(22)30)27(19-11-4-1-5-12-19,20-13-6-2-7-14-20)21-15-8-3-9-16-21/h1-18H. The molecule has 4 aromatic carbocycles. The first-order valence-corrected chi connectivity index (χ1v) is 9.99. The lowest BCUT2D eigenvalue weighted by atomic mass is 9.75. The molecular formula is C27H18FNO2. The molecule has 0 saturated heterocycles. The maximum atomic E-state index is 15.2. The fourth-order valence-electron chi connectivity index (χ4n) is 4.49. The van der Waals surface area contributed by atoms with Crippen LogP contribution in [0.1, 0.15) is 27.0 Å². The zero-order valence-corrected chi connectivity index (χ0v) is 16.5. The van der Waals surface area contributed by atoms with Gasteiger partial charge in [-0.2, -0.15) is 0 Å². The van der Waals surface area contributed by atoms with Crippen LogP contribution in [0.15, 0.2) is 109 Å². The van der Waals surface area contributed by atoms with E-state index in [1.54, 1.807) is 0 Å². The van der Waals surface area contributed by atoms with Crippen LogP contribution in [0, 0.1) is 5.82 Å². The molecule has 150 valence electrons. The SMILES string of the molecule is O=C1C(=O)N(C(c2ccccc2)(c2ccccc2)c2ccccc2)c2c(F)cccc21. The van der Waals surface area contributed by atoms with Crippen LogP contribution >= 0.6 is 0 Å². The molecule has 1 amide bonds. The Morgan fingerprint density at radius 3 is 1.48 bits per heavy atom. The van der Waals surface area contributed by atoms with Crippen LogP contribution in [0.25, 0.3) is 0 Å². The molecule has 0 spiro atoms. The van der Waals surface area contributed by atoms with Gasteiger partial charge in [-0.1, -0.05) is 97.1 Å². The number of carbonyl (C=O) groups excluding carboxylic acids is 2. The van der Waals surface area contributed by atoms with Gasteiger partial charge in [-0.05, 0) is 28.8 Å². The van der Waals surface area contributed by atoms with Crippen molar-refractivity contribution in [3.05, 3.63) is 137 Å². The summed E-state index contributed by atoms with van der Waals surface area (Å²) in [5.41, 5.74) is 1.12. The Balaban J connectivity index is 1.96. The van der Waals surface area contributed by atoms with Crippen LogP contribution in [0.2, 0.25) is 0 Å². The van der Waals surface area contributed by atoms with Gasteiger partial charge in [-0.15, -0.1) is 0 Å². The van der Waals surface area contributed by atoms with Crippen molar-refractivity contribution in [1.29, 1.82) is 0 Å². The Morgan fingerprint density at radius 2 is 1.03 bits per heavy atom. The third-order valence-electron chi connectivity index (χ3n) is 5.76. The fraction of sp³-hybridized carbons (Fsp3) is 0.0370. The Kier molecular flexibility index (Phi) is 4.48. The monoisotopic (exact) mass is 407 g/mol. The number of anilines is 1. The van der Waals surface area contributed by atoms with Crippen molar-refractivity contribution in [3.8, 4) is 0 Å². The minimum Gasteiger partial charge on any atom is -0.283 e. The van der Waals surface area contributed by atoms with Crippen LogP contribution in [0.4, 0.5) is 10.1 Å². The molecular weight excluding hydrogens is 389 g/mol. The van der Waals surface area contributed by atoms with Crippen molar-refractivity contribution >= 4 is 17.4 Å². The summed E-state index contributed by atoms with van der Waals surface area (Å²) in [5, 5.41) is 0. The molecule has 1 heterocycles. The van der Waals surface area contributed by atoms with Gasteiger partial charge in [-0.25, -0.2) is 4.39 Å². The first-order valence-electron chi connectivity index (χ1n) is 9.99. The van der Waals surface area contributed by atoms with E-state index >= 15 is 4.39 Å². The lowest BCUT2D eigenvalue weighted by Crippen LogP contribution is -2.51. The first-order chi connectivity index (χ1) is 15.2. The summed E-state index contributed by atoms with van der Waals surface area (Å²) in [6, 6.07) is 32.5. The summed E-state index contributed by atoms with van der Waals surface area (Å²) in [6.07, 6.45) is 0.